The number of carbonyl (C=O) groups excluding carboxylic acids is 1. The molecular weight excluding hydrogens is 967 g/mol. The lowest BCUT2D eigenvalue weighted by molar-refractivity contribution is -0.683. The topological polar surface area (TPSA) is 43.1 Å². The highest BCUT2D eigenvalue weighted by Gasteiger charge is 2.52. The first-order valence-corrected chi connectivity index (χ1v) is 18.3. The van der Waals surface area contributed by atoms with Gasteiger partial charge in [0.1, 0.15) is 58.4 Å². The number of aromatic nitrogens is 2. The summed E-state index contributed by atoms with van der Waals surface area (Å²) in [6.45, 7) is 2.27. The Morgan fingerprint density at radius 2 is 0.765 bits per heavy atom. The lowest BCUT2D eigenvalue weighted by atomic mass is 9.12. The van der Waals surface area contributed by atoms with Gasteiger partial charge in [-0.15, -0.1) is 21.9 Å². The molecule has 4 nitrogen and oxygen atoms in total. The molecule has 0 spiro atoms. The van der Waals surface area contributed by atoms with Crippen molar-refractivity contribution >= 4 is 33.8 Å². The molecule has 0 saturated carbocycles. The number of ketones is 1. The van der Waals surface area contributed by atoms with E-state index in [0.29, 0.717) is 11.4 Å². The first-order valence-electron chi connectivity index (χ1n) is 18.3. The second-order valence-corrected chi connectivity index (χ2v) is 14.1. The lowest BCUT2D eigenvalue weighted by Crippen LogP contribution is -2.81. The van der Waals surface area contributed by atoms with Crippen molar-refractivity contribution in [2.24, 2.45) is 0 Å². The van der Waals surface area contributed by atoms with Crippen LogP contribution in [0, 0.1) is 123 Å². The van der Waals surface area contributed by atoms with E-state index >= 15 is 35.1 Å². The molecule has 68 heavy (non-hydrogen) atoms. The molecule has 0 aliphatic heterocycles. The molecule has 7 rings (SSSR count). The van der Waals surface area contributed by atoms with Crippen LogP contribution in [0.25, 0.3) is 0 Å². The molecule has 0 saturated heterocycles. The quantitative estimate of drug-likeness (QED) is 0.0362. The van der Waals surface area contributed by atoms with E-state index in [-0.39, 0.29) is 12.3 Å². The largest absolute Gasteiger partial charge is 0.434 e. The van der Waals surface area contributed by atoms with Gasteiger partial charge in [0.15, 0.2) is 76.0 Å². The first kappa shape index (κ1) is 50.0. The summed E-state index contributed by atoms with van der Waals surface area (Å²) in [5.41, 5.74) is -12.5. The molecule has 0 aliphatic carbocycles. The monoisotopic (exact) mass is 984 g/mol. The van der Waals surface area contributed by atoms with Crippen molar-refractivity contribution in [3.63, 3.8) is 0 Å². The summed E-state index contributed by atoms with van der Waals surface area (Å²) >= 11 is 0. The molecule has 0 bridgehead atoms. The summed E-state index contributed by atoms with van der Waals surface area (Å²) in [4.78, 5) is 16.4. The number of benzene rings is 6. The van der Waals surface area contributed by atoms with Crippen LogP contribution in [0.15, 0.2) is 73.2 Å². The van der Waals surface area contributed by atoms with Crippen molar-refractivity contribution in [2.75, 3.05) is 0 Å². The minimum absolute atomic E-state index is 0.0445. The predicted octanol–water partition coefficient (Wildman–Crippen LogP) is 9.20. The Hall–Kier alpha value is -7.47. The van der Waals surface area contributed by atoms with Crippen LogP contribution in [0.1, 0.15) is 15.9 Å². The minimum Gasteiger partial charge on any atom is -0.434 e. The smallest absolute Gasteiger partial charge is 0.285 e. The average molecular weight is 984 g/mol. The number of nitrogens with zero attached hydrogens (tertiary/aromatic N) is 2. The summed E-state index contributed by atoms with van der Waals surface area (Å²) < 4.78 is 301. The van der Waals surface area contributed by atoms with Gasteiger partial charge in [-0.1, -0.05) is 48.0 Å². The summed E-state index contributed by atoms with van der Waals surface area (Å²) in [6, 6.07) is 17.0. The number of hydrogen-bond donors (Lipinski definition) is 0. The molecule has 0 fully saturated rings. The lowest BCUT2D eigenvalue weighted by Gasteiger charge is -2.44. The highest BCUT2D eigenvalue weighted by molar-refractivity contribution is 7.20. The van der Waals surface area contributed by atoms with Gasteiger partial charge in [0, 0.05) is 5.56 Å². The third-order valence-electron chi connectivity index (χ3n) is 10.1. The Labute approximate surface area is 366 Å². The standard InChI is InChI=1S/C24BF20.C19H17N2O2/c26-5-1(6(27)14(35)21(42)13(5)34)25(2-7(28)15(36)22(43)16(37)8(2)29,3-9(30)17(38)23(44)18(39)10(3)31)4-11(32)19(40)24(45)20(41)12(4)33;1-15-7-9-17(10-8-15)23-19-14-21(12-11-20-19)13-18(22)16-5-3-2-4-6-16/h;2-12,14H,13H2,1H3/q-1;+1. The average Bonchev–Trinajstić information content (AvgIpc) is 3.32. The van der Waals surface area contributed by atoms with Crippen LogP contribution < -0.4 is 31.2 Å². The van der Waals surface area contributed by atoms with Crippen molar-refractivity contribution in [1.82, 2.24) is 4.98 Å². The Bertz CT molecular complexity index is 2780. The Balaban J connectivity index is 0.000000276. The second-order valence-electron chi connectivity index (χ2n) is 14.1. The fourth-order valence-corrected chi connectivity index (χ4v) is 7.04. The molecule has 0 N–H and O–H groups in total. The van der Waals surface area contributed by atoms with E-state index in [9.17, 15) is 57.5 Å². The molecule has 0 radical (unpaired) electrons. The molecule has 0 amide bonds. The van der Waals surface area contributed by atoms with Crippen LogP contribution in [0.4, 0.5) is 87.8 Å². The van der Waals surface area contributed by atoms with Crippen LogP contribution in [0.3, 0.4) is 0 Å². The van der Waals surface area contributed by atoms with E-state index in [4.69, 9.17) is 4.74 Å². The number of rotatable bonds is 9. The van der Waals surface area contributed by atoms with Crippen LogP contribution >= 0.6 is 0 Å². The van der Waals surface area contributed by atoms with Gasteiger partial charge < -0.3 is 4.74 Å². The SMILES string of the molecule is Cc1ccc(Oc2c[n+](CC(=O)c3ccccc3)ccn2)cc1.Fc1c(F)c(F)c([B-](c2c(F)c(F)c(F)c(F)c2F)(c2c(F)c(F)c(F)c(F)c2F)c2c(F)c(F)c(F)c(F)c2F)c(F)c1F. The Morgan fingerprint density at radius 3 is 1.09 bits per heavy atom. The Morgan fingerprint density at radius 1 is 0.456 bits per heavy atom. The molecule has 25 heteroatoms. The third-order valence-corrected chi connectivity index (χ3v) is 10.1. The molecule has 0 atom stereocenters. The molecule has 354 valence electrons. The van der Waals surface area contributed by atoms with Crippen molar-refractivity contribution in [3.05, 3.63) is 201 Å². The highest BCUT2D eigenvalue weighted by atomic mass is 19.2. The van der Waals surface area contributed by atoms with Gasteiger partial charge in [-0.2, -0.15) is 4.57 Å². The van der Waals surface area contributed by atoms with Gasteiger partial charge in [0.2, 0.25) is 18.5 Å². The zero-order chi connectivity index (χ0) is 50.4. The molecule has 7 aromatic rings. The van der Waals surface area contributed by atoms with Gasteiger partial charge in [0.25, 0.3) is 5.88 Å². The molecule has 1 aromatic heterocycles. The number of hydrogen-bond acceptors (Lipinski definition) is 3. The van der Waals surface area contributed by atoms with E-state index in [1.807, 2.05) is 61.5 Å². The molecular formula is C43H17BF20N2O2. The zero-order valence-electron chi connectivity index (χ0n) is 33.0. The zero-order valence-corrected chi connectivity index (χ0v) is 33.0. The summed E-state index contributed by atoms with van der Waals surface area (Å²) in [5.74, 6) is -70.2. The maximum atomic E-state index is 15.4. The summed E-state index contributed by atoms with van der Waals surface area (Å²) in [6.07, 6.45) is -2.11. The van der Waals surface area contributed by atoms with Crippen molar-refractivity contribution in [2.45, 2.75) is 13.5 Å². The minimum atomic E-state index is -7.22. The number of carbonyl (C=O) groups is 1. The van der Waals surface area contributed by atoms with Gasteiger partial charge in [-0.25, -0.2) is 92.8 Å². The van der Waals surface area contributed by atoms with E-state index in [0.717, 1.165) is 5.75 Å². The summed E-state index contributed by atoms with van der Waals surface area (Å²) in [5, 5.41) is 0. The highest BCUT2D eigenvalue weighted by Crippen LogP contribution is 2.31. The fraction of sp³-hybridized carbons (Fsp3) is 0.0465. The van der Waals surface area contributed by atoms with Crippen LogP contribution in [-0.2, 0) is 6.54 Å². The van der Waals surface area contributed by atoms with Crippen LogP contribution in [0.5, 0.6) is 11.6 Å². The molecule has 0 aliphatic rings. The van der Waals surface area contributed by atoms with Gasteiger partial charge in [0.05, 0.1) is 6.20 Å². The number of halogens is 20. The summed E-state index contributed by atoms with van der Waals surface area (Å²) in [7, 11) is 0. The normalized spacial score (nSPS) is 11.4. The molecule has 0 unspecified atom stereocenters. The first-order chi connectivity index (χ1) is 31.9. The van der Waals surface area contributed by atoms with Crippen molar-refractivity contribution in [1.29, 1.82) is 0 Å². The van der Waals surface area contributed by atoms with Crippen LogP contribution in [-0.4, -0.2) is 16.9 Å². The predicted molar refractivity (Wildman–Crippen MR) is 196 cm³/mol. The van der Waals surface area contributed by atoms with Gasteiger partial charge in [-0.05, 0) is 19.1 Å². The Kier molecular flexibility index (Phi) is 14.0. The molecule has 1 heterocycles. The van der Waals surface area contributed by atoms with Gasteiger partial charge in [-0.3, -0.25) is 4.79 Å². The van der Waals surface area contributed by atoms with E-state index < -0.39 is 144 Å². The number of aryl methyl sites for hydroxylation is 1. The van der Waals surface area contributed by atoms with E-state index in [2.05, 4.69) is 4.98 Å². The fourth-order valence-electron chi connectivity index (χ4n) is 7.04. The molecule has 6 aromatic carbocycles. The number of Topliss-reactive ketones (excluding diaryl/α,β-unsaturated/α-hetero) is 1. The maximum Gasteiger partial charge on any atom is 0.285 e. The van der Waals surface area contributed by atoms with E-state index in [1.54, 1.807) is 23.2 Å². The third kappa shape index (κ3) is 8.33. The van der Waals surface area contributed by atoms with E-state index in [1.165, 1.54) is 5.56 Å². The van der Waals surface area contributed by atoms with Gasteiger partial charge >= 0.3 is 0 Å². The van der Waals surface area contributed by atoms with Crippen LogP contribution in [0.2, 0.25) is 0 Å². The number of ether oxygens (including phenoxy) is 1. The van der Waals surface area contributed by atoms with Crippen molar-refractivity contribution < 1.29 is 102 Å². The van der Waals surface area contributed by atoms with Crippen molar-refractivity contribution in [3.8, 4) is 11.6 Å². The second kappa shape index (κ2) is 19.0. The maximum absolute atomic E-state index is 15.4.